The van der Waals surface area contributed by atoms with Crippen LogP contribution in [0.15, 0.2) is 16.1 Å². The zero-order chi connectivity index (χ0) is 10.1. The fourth-order valence-electron chi connectivity index (χ4n) is 1.25. The number of nitrogens with zero attached hydrogens (tertiary/aromatic N) is 3. The molecule has 0 bridgehead atoms. The van der Waals surface area contributed by atoms with Gasteiger partial charge in [0.1, 0.15) is 17.8 Å². The second-order valence-electron chi connectivity index (χ2n) is 2.89. The van der Waals surface area contributed by atoms with Gasteiger partial charge in [0.15, 0.2) is 5.16 Å². The largest absolute Gasteiger partial charge is 0.284 e. The molecule has 0 radical (unpaired) electrons. The molecule has 1 aromatic heterocycles. The van der Waals surface area contributed by atoms with E-state index in [-0.39, 0.29) is 12.1 Å². The van der Waals surface area contributed by atoms with E-state index < -0.39 is 11.7 Å². The Balaban J connectivity index is 2.58. The van der Waals surface area contributed by atoms with Crippen molar-refractivity contribution in [3.05, 3.63) is 22.1 Å². The molecular weight excluding hydrogens is 205 g/mol. The third kappa shape index (κ3) is 1.40. The van der Waals surface area contributed by atoms with Crippen LogP contribution in [0, 0.1) is 11.3 Å². The normalized spacial score (nSPS) is 19.9. The minimum absolute atomic E-state index is 0.00366. The molecule has 0 aliphatic carbocycles. The van der Waals surface area contributed by atoms with Gasteiger partial charge in [-0.05, 0) is 0 Å². The molecule has 1 aromatic rings. The van der Waals surface area contributed by atoms with Gasteiger partial charge in [-0.2, -0.15) is 5.26 Å². The average molecular weight is 211 g/mol. The summed E-state index contributed by atoms with van der Waals surface area (Å²) >= 11 is 1.20. The van der Waals surface area contributed by atoms with Crippen LogP contribution in [0.4, 0.5) is 4.39 Å². The molecule has 1 aliphatic rings. The fourth-order valence-corrected chi connectivity index (χ4v) is 2.12. The maximum atomic E-state index is 13.0. The summed E-state index contributed by atoms with van der Waals surface area (Å²) < 4.78 is 14.2. The number of hydrogen-bond donors (Lipinski definition) is 0. The van der Waals surface area contributed by atoms with E-state index >= 15 is 0 Å². The van der Waals surface area contributed by atoms with Gasteiger partial charge in [0, 0.05) is 5.75 Å². The summed E-state index contributed by atoms with van der Waals surface area (Å²) in [7, 11) is 0. The standard InChI is InChI=1S/C8H6FN3OS/c9-6-3-12-7(13)5(1-10)2-11-8(12)14-4-6/h2,6H,3-4H2. The Morgan fingerprint density at radius 3 is 3.29 bits per heavy atom. The molecule has 0 fully saturated rings. The molecule has 6 heteroatoms. The number of thioether (sulfide) groups is 1. The van der Waals surface area contributed by atoms with E-state index in [0.717, 1.165) is 0 Å². The second kappa shape index (κ2) is 3.42. The van der Waals surface area contributed by atoms with Crippen LogP contribution in [0.5, 0.6) is 0 Å². The zero-order valence-electron chi connectivity index (χ0n) is 7.11. The number of aromatic nitrogens is 2. The average Bonchev–Trinajstić information content (AvgIpc) is 2.20. The molecule has 72 valence electrons. The van der Waals surface area contributed by atoms with Crippen molar-refractivity contribution in [1.29, 1.82) is 5.26 Å². The molecular formula is C8H6FN3OS. The number of fused-ring (bicyclic) bond motifs is 1. The first-order valence-electron chi connectivity index (χ1n) is 3.99. The van der Waals surface area contributed by atoms with Crippen molar-refractivity contribution in [2.45, 2.75) is 17.9 Å². The number of nitriles is 1. The first-order valence-corrected chi connectivity index (χ1v) is 4.97. The van der Waals surface area contributed by atoms with E-state index in [9.17, 15) is 9.18 Å². The van der Waals surface area contributed by atoms with E-state index in [0.29, 0.717) is 10.9 Å². The highest BCUT2D eigenvalue weighted by molar-refractivity contribution is 7.99. The third-order valence-corrected chi connectivity index (χ3v) is 3.02. The van der Waals surface area contributed by atoms with Gasteiger partial charge >= 0.3 is 0 Å². The van der Waals surface area contributed by atoms with Crippen LogP contribution in [-0.2, 0) is 6.54 Å². The lowest BCUT2D eigenvalue weighted by Crippen LogP contribution is -2.32. The predicted molar refractivity (Wildman–Crippen MR) is 48.8 cm³/mol. The van der Waals surface area contributed by atoms with Crippen LogP contribution in [-0.4, -0.2) is 21.5 Å². The van der Waals surface area contributed by atoms with Crippen molar-refractivity contribution in [2.75, 3.05) is 5.75 Å². The van der Waals surface area contributed by atoms with Crippen molar-refractivity contribution < 1.29 is 4.39 Å². The Morgan fingerprint density at radius 1 is 1.79 bits per heavy atom. The summed E-state index contributed by atoms with van der Waals surface area (Å²) in [6.45, 7) is 0.00366. The van der Waals surface area contributed by atoms with Gasteiger partial charge in [0.2, 0.25) is 0 Å². The lowest BCUT2D eigenvalue weighted by Gasteiger charge is -2.19. The van der Waals surface area contributed by atoms with Crippen LogP contribution in [0.25, 0.3) is 0 Å². The number of halogens is 1. The van der Waals surface area contributed by atoms with Gasteiger partial charge in [0.25, 0.3) is 5.56 Å². The van der Waals surface area contributed by atoms with Crippen LogP contribution in [0.2, 0.25) is 0 Å². The predicted octanol–water partition coefficient (Wildman–Crippen LogP) is 0.559. The number of alkyl halides is 1. The van der Waals surface area contributed by atoms with Gasteiger partial charge in [-0.1, -0.05) is 11.8 Å². The summed E-state index contributed by atoms with van der Waals surface area (Å²) in [6.07, 6.45) is 0.195. The maximum Gasteiger partial charge on any atom is 0.272 e. The molecule has 0 N–H and O–H groups in total. The molecule has 2 heterocycles. The van der Waals surface area contributed by atoms with Crippen molar-refractivity contribution in [1.82, 2.24) is 9.55 Å². The Hall–Kier alpha value is -1.35. The number of rotatable bonds is 0. The highest BCUT2D eigenvalue weighted by Gasteiger charge is 2.21. The van der Waals surface area contributed by atoms with Gasteiger partial charge in [-0.3, -0.25) is 9.36 Å². The Labute approximate surface area is 83.4 Å². The highest BCUT2D eigenvalue weighted by atomic mass is 32.2. The molecule has 4 nitrogen and oxygen atoms in total. The Morgan fingerprint density at radius 2 is 2.57 bits per heavy atom. The van der Waals surface area contributed by atoms with Crippen molar-refractivity contribution in [2.24, 2.45) is 0 Å². The van der Waals surface area contributed by atoms with E-state index in [1.165, 1.54) is 22.5 Å². The minimum atomic E-state index is -1.04. The fraction of sp³-hybridized carbons (Fsp3) is 0.375. The van der Waals surface area contributed by atoms with E-state index in [2.05, 4.69) is 4.98 Å². The number of hydrogen-bond acceptors (Lipinski definition) is 4. The Bertz CT molecular complexity index is 465. The summed E-state index contributed by atoms with van der Waals surface area (Å²) in [5.41, 5.74) is -0.490. The first kappa shape index (κ1) is 9.21. The molecule has 0 saturated carbocycles. The third-order valence-electron chi connectivity index (χ3n) is 1.90. The minimum Gasteiger partial charge on any atom is -0.284 e. The summed E-state index contributed by atoms with van der Waals surface area (Å²) in [6, 6.07) is 1.73. The van der Waals surface area contributed by atoms with Crippen LogP contribution in [0.3, 0.4) is 0 Å². The summed E-state index contributed by atoms with van der Waals surface area (Å²) in [5, 5.41) is 9.07. The zero-order valence-corrected chi connectivity index (χ0v) is 7.92. The lowest BCUT2D eigenvalue weighted by molar-refractivity contribution is 0.303. The topological polar surface area (TPSA) is 58.7 Å². The van der Waals surface area contributed by atoms with Gasteiger partial charge < -0.3 is 0 Å². The monoisotopic (exact) mass is 211 g/mol. The SMILES string of the molecule is N#Cc1cnc2n(c1=O)CC(F)CS2. The summed E-state index contributed by atoms with van der Waals surface area (Å²) in [5.74, 6) is 0.318. The van der Waals surface area contributed by atoms with Crippen molar-refractivity contribution in [3.63, 3.8) is 0 Å². The maximum absolute atomic E-state index is 13.0. The smallest absolute Gasteiger partial charge is 0.272 e. The van der Waals surface area contributed by atoms with Crippen molar-refractivity contribution in [3.8, 4) is 6.07 Å². The molecule has 2 rings (SSSR count). The van der Waals surface area contributed by atoms with E-state index in [4.69, 9.17) is 5.26 Å². The van der Waals surface area contributed by atoms with Crippen LogP contribution >= 0.6 is 11.8 Å². The molecule has 1 unspecified atom stereocenters. The summed E-state index contributed by atoms with van der Waals surface area (Å²) in [4.78, 5) is 15.4. The second-order valence-corrected chi connectivity index (χ2v) is 3.88. The van der Waals surface area contributed by atoms with Gasteiger partial charge in [-0.25, -0.2) is 9.37 Å². The van der Waals surface area contributed by atoms with Gasteiger partial charge in [0.05, 0.1) is 12.7 Å². The van der Waals surface area contributed by atoms with Crippen LogP contribution < -0.4 is 5.56 Å². The van der Waals surface area contributed by atoms with Gasteiger partial charge in [-0.15, -0.1) is 0 Å². The highest BCUT2D eigenvalue weighted by Crippen LogP contribution is 2.22. The molecule has 1 aliphatic heterocycles. The molecule has 1 atom stereocenters. The van der Waals surface area contributed by atoms with E-state index in [1.54, 1.807) is 6.07 Å². The van der Waals surface area contributed by atoms with Crippen LogP contribution in [0.1, 0.15) is 5.56 Å². The molecule has 0 aromatic carbocycles. The molecule has 0 spiro atoms. The molecule has 14 heavy (non-hydrogen) atoms. The van der Waals surface area contributed by atoms with Crippen molar-refractivity contribution >= 4 is 11.8 Å². The molecule has 0 amide bonds. The lowest BCUT2D eigenvalue weighted by atomic mass is 10.3. The quantitative estimate of drug-likeness (QED) is 0.588. The Kier molecular flexibility index (Phi) is 2.25. The van der Waals surface area contributed by atoms with E-state index in [1.807, 2.05) is 0 Å². The molecule has 0 saturated heterocycles. The first-order chi connectivity index (χ1) is 6.72.